The van der Waals surface area contributed by atoms with Gasteiger partial charge in [-0.05, 0) is 81.2 Å². The maximum Gasteiger partial charge on any atom is 0.306 e. The van der Waals surface area contributed by atoms with E-state index in [1.165, 1.54) is 25.7 Å². The molecule has 2 aliphatic carbocycles. The first-order chi connectivity index (χ1) is 13.5. The molecule has 0 aromatic rings. The van der Waals surface area contributed by atoms with Crippen LogP contribution in [0.25, 0.3) is 0 Å². The molecule has 29 heavy (non-hydrogen) atoms. The van der Waals surface area contributed by atoms with E-state index in [9.17, 15) is 9.90 Å². The smallest absolute Gasteiger partial charge is 0.306 e. The zero-order valence-electron chi connectivity index (χ0n) is 19.3. The Labute approximate surface area is 179 Å². The number of carboxylic acid groups (broad SMARTS) is 1. The van der Waals surface area contributed by atoms with E-state index in [0.29, 0.717) is 30.8 Å². The highest BCUT2D eigenvalue weighted by Gasteiger charge is 2.36. The third kappa shape index (κ3) is 8.18. The van der Waals surface area contributed by atoms with Gasteiger partial charge in [0.2, 0.25) is 0 Å². The molecule has 0 aromatic carbocycles. The van der Waals surface area contributed by atoms with Crippen molar-refractivity contribution in [1.82, 2.24) is 0 Å². The normalized spacial score (nSPS) is 28.9. The highest BCUT2D eigenvalue weighted by molar-refractivity contribution is 6.48. The van der Waals surface area contributed by atoms with Gasteiger partial charge in [-0.25, -0.2) is 0 Å². The zero-order chi connectivity index (χ0) is 21.7. The summed E-state index contributed by atoms with van der Waals surface area (Å²) in [6.45, 7) is 11.5. The minimum atomic E-state index is -1.09. The molecule has 4 unspecified atom stereocenters. The number of allylic oxidation sites excluding steroid dienone is 2. The average Bonchev–Trinajstić information content (AvgIpc) is 3.09. The summed E-state index contributed by atoms with van der Waals surface area (Å²) in [5.41, 5.74) is -0.893. The molecular weight excluding hydrogens is 380 g/mol. The standard InChI is InChI=1S/C24H44O4Si/c1-23(2,3)20(15-21(28-29(4)5)19-10-6-7-11-19)13-12-18-9-8-14-24(27,16-18)17-22(25)26/h12-13,18-21,27,29H,6-11,14-17H2,1-5H3,(H,25,26). The van der Waals surface area contributed by atoms with E-state index < -0.39 is 20.6 Å². The van der Waals surface area contributed by atoms with Crippen LogP contribution in [0.3, 0.4) is 0 Å². The van der Waals surface area contributed by atoms with Crippen LogP contribution in [0.5, 0.6) is 0 Å². The Hall–Kier alpha value is -0.653. The van der Waals surface area contributed by atoms with Crippen LogP contribution in [0.2, 0.25) is 13.1 Å². The van der Waals surface area contributed by atoms with Gasteiger partial charge in [0.25, 0.3) is 0 Å². The molecule has 2 rings (SSSR count). The lowest BCUT2D eigenvalue weighted by molar-refractivity contribution is -0.144. The summed E-state index contributed by atoms with van der Waals surface area (Å²) in [6.07, 6.45) is 14.3. The molecule has 4 atom stereocenters. The second-order valence-electron chi connectivity index (χ2n) is 11.0. The molecule has 2 fully saturated rings. The van der Waals surface area contributed by atoms with E-state index >= 15 is 0 Å². The van der Waals surface area contributed by atoms with Crippen molar-refractivity contribution in [2.24, 2.45) is 23.2 Å². The number of aliphatic carboxylic acids is 1. The fraction of sp³-hybridized carbons (Fsp3) is 0.875. The molecule has 2 saturated carbocycles. The molecule has 0 aliphatic heterocycles. The lowest BCUT2D eigenvalue weighted by Gasteiger charge is -2.37. The summed E-state index contributed by atoms with van der Waals surface area (Å²) in [5, 5.41) is 19.8. The third-order valence-corrected chi connectivity index (χ3v) is 7.82. The lowest BCUT2D eigenvalue weighted by Crippen LogP contribution is -2.37. The van der Waals surface area contributed by atoms with E-state index in [1.54, 1.807) is 0 Å². The Morgan fingerprint density at radius 1 is 1.21 bits per heavy atom. The molecule has 0 amide bonds. The monoisotopic (exact) mass is 424 g/mol. The molecular formula is C24H44O4Si. The third-order valence-electron chi connectivity index (χ3n) is 6.93. The van der Waals surface area contributed by atoms with Crippen LogP contribution < -0.4 is 0 Å². The van der Waals surface area contributed by atoms with Gasteiger partial charge in [0.1, 0.15) is 0 Å². The molecule has 0 bridgehead atoms. The Bertz CT molecular complexity index is 548. The number of carboxylic acids is 1. The molecule has 0 heterocycles. The van der Waals surface area contributed by atoms with Crippen molar-refractivity contribution in [2.75, 3.05) is 0 Å². The summed E-state index contributed by atoms with van der Waals surface area (Å²) >= 11 is 0. The van der Waals surface area contributed by atoms with E-state index in [4.69, 9.17) is 9.53 Å². The van der Waals surface area contributed by atoms with E-state index in [2.05, 4.69) is 46.0 Å². The van der Waals surface area contributed by atoms with Crippen molar-refractivity contribution in [3.8, 4) is 0 Å². The molecule has 0 spiro atoms. The molecule has 2 aliphatic rings. The van der Waals surface area contributed by atoms with Crippen molar-refractivity contribution in [3.05, 3.63) is 12.2 Å². The Morgan fingerprint density at radius 3 is 2.41 bits per heavy atom. The SMILES string of the molecule is C[SiH](C)OC(CC(C=CC1CCCC(O)(CC(=O)O)C1)C(C)(C)C)C1CCCC1. The lowest BCUT2D eigenvalue weighted by atomic mass is 9.73. The van der Waals surface area contributed by atoms with Crippen LogP contribution in [0.1, 0.15) is 85.0 Å². The van der Waals surface area contributed by atoms with Gasteiger partial charge >= 0.3 is 5.97 Å². The first-order valence-electron chi connectivity index (χ1n) is 11.8. The number of hydrogen-bond donors (Lipinski definition) is 2. The van der Waals surface area contributed by atoms with Gasteiger partial charge in [0, 0.05) is 6.10 Å². The van der Waals surface area contributed by atoms with Crippen LogP contribution in [0, 0.1) is 23.2 Å². The quantitative estimate of drug-likeness (QED) is 0.376. The average molecular weight is 425 g/mol. The van der Waals surface area contributed by atoms with Crippen LogP contribution in [-0.4, -0.2) is 36.9 Å². The summed E-state index contributed by atoms with van der Waals surface area (Å²) in [4.78, 5) is 11.1. The van der Waals surface area contributed by atoms with Gasteiger partial charge in [-0.1, -0.05) is 45.8 Å². The van der Waals surface area contributed by atoms with Gasteiger partial charge in [0.15, 0.2) is 9.04 Å². The first kappa shape index (κ1) is 24.6. The molecule has 0 radical (unpaired) electrons. The van der Waals surface area contributed by atoms with Crippen LogP contribution >= 0.6 is 0 Å². The van der Waals surface area contributed by atoms with Gasteiger partial charge in [-0.2, -0.15) is 0 Å². The maximum atomic E-state index is 11.1. The highest BCUT2D eigenvalue weighted by Crippen LogP contribution is 2.40. The molecule has 0 saturated heterocycles. The van der Waals surface area contributed by atoms with Crippen LogP contribution in [0.4, 0.5) is 0 Å². The minimum Gasteiger partial charge on any atom is -0.481 e. The van der Waals surface area contributed by atoms with Crippen LogP contribution in [-0.2, 0) is 9.22 Å². The molecule has 0 aromatic heterocycles. The number of hydrogen-bond acceptors (Lipinski definition) is 3. The number of carbonyl (C=O) groups is 1. The maximum absolute atomic E-state index is 11.1. The Morgan fingerprint density at radius 2 is 1.86 bits per heavy atom. The first-order valence-corrected chi connectivity index (χ1v) is 14.5. The topological polar surface area (TPSA) is 66.8 Å². The fourth-order valence-electron chi connectivity index (χ4n) is 5.29. The van der Waals surface area contributed by atoms with Crippen molar-refractivity contribution in [2.45, 2.75) is 110 Å². The van der Waals surface area contributed by atoms with Gasteiger partial charge in [-0.15, -0.1) is 0 Å². The van der Waals surface area contributed by atoms with Gasteiger partial charge < -0.3 is 14.6 Å². The summed E-state index contributed by atoms with van der Waals surface area (Å²) < 4.78 is 6.53. The molecule has 168 valence electrons. The molecule has 2 N–H and O–H groups in total. The predicted octanol–water partition coefficient (Wildman–Crippen LogP) is 5.55. The Balaban J connectivity index is 2.08. The second kappa shape index (κ2) is 10.6. The summed E-state index contributed by atoms with van der Waals surface area (Å²) in [6, 6.07) is 0. The van der Waals surface area contributed by atoms with Crippen molar-refractivity contribution < 1.29 is 19.4 Å². The summed E-state index contributed by atoms with van der Waals surface area (Å²) in [7, 11) is -1.09. The van der Waals surface area contributed by atoms with Crippen molar-refractivity contribution in [3.63, 3.8) is 0 Å². The largest absolute Gasteiger partial charge is 0.481 e. The zero-order valence-corrected chi connectivity index (χ0v) is 20.5. The van der Waals surface area contributed by atoms with Gasteiger partial charge in [0.05, 0.1) is 12.0 Å². The molecule has 4 nitrogen and oxygen atoms in total. The Kier molecular flexibility index (Phi) is 8.99. The van der Waals surface area contributed by atoms with Crippen molar-refractivity contribution >= 4 is 15.0 Å². The molecule has 5 heteroatoms. The van der Waals surface area contributed by atoms with E-state index in [-0.39, 0.29) is 17.8 Å². The number of aliphatic hydroxyl groups is 1. The highest BCUT2D eigenvalue weighted by atomic mass is 28.3. The van der Waals surface area contributed by atoms with Crippen LogP contribution in [0.15, 0.2) is 12.2 Å². The minimum absolute atomic E-state index is 0.142. The fourth-order valence-corrected chi connectivity index (χ4v) is 6.32. The van der Waals surface area contributed by atoms with E-state index in [0.717, 1.165) is 19.3 Å². The second-order valence-corrected chi connectivity index (χ2v) is 13.4. The van der Waals surface area contributed by atoms with Crippen molar-refractivity contribution in [1.29, 1.82) is 0 Å². The number of rotatable bonds is 9. The van der Waals surface area contributed by atoms with E-state index in [1.807, 2.05) is 0 Å². The summed E-state index contributed by atoms with van der Waals surface area (Å²) in [5.74, 6) is 0.496. The van der Waals surface area contributed by atoms with Gasteiger partial charge in [-0.3, -0.25) is 4.79 Å². The predicted molar refractivity (Wildman–Crippen MR) is 122 cm³/mol.